The third-order valence-corrected chi connectivity index (χ3v) is 4.39. The van der Waals surface area contributed by atoms with E-state index in [1.165, 1.54) is 22.3 Å². The Morgan fingerprint density at radius 2 is 1.73 bits per heavy atom. The van der Waals surface area contributed by atoms with Crippen molar-refractivity contribution in [2.45, 2.75) is 19.5 Å². The van der Waals surface area contributed by atoms with Crippen LogP contribution < -0.4 is 14.8 Å². The minimum atomic E-state index is 0.600. The highest BCUT2D eigenvalue weighted by Crippen LogP contribution is 2.29. The molecule has 1 unspecified atom stereocenters. The molecule has 2 aliphatic rings. The van der Waals surface area contributed by atoms with Gasteiger partial charge in [-0.1, -0.05) is 33.7 Å². The van der Waals surface area contributed by atoms with Crippen LogP contribution in [-0.2, 0) is 19.5 Å². The molecule has 5 heteroatoms. The van der Waals surface area contributed by atoms with Crippen LogP contribution in [-0.4, -0.2) is 18.1 Å². The van der Waals surface area contributed by atoms with Crippen LogP contribution in [0.4, 0.5) is 0 Å². The van der Waals surface area contributed by atoms with Crippen LogP contribution in [0.2, 0.25) is 0 Å². The van der Waals surface area contributed by atoms with Crippen LogP contribution in [0.25, 0.3) is 0 Å². The van der Waals surface area contributed by atoms with Crippen molar-refractivity contribution in [1.29, 1.82) is 0 Å². The number of nitrogens with one attached hydrogen (secondary N) is 1. The second-order valence-corrected chi connectivity index (χ2v) is 6.53. The molecule has 0 saturated carbocycles. The van der Waals surface area contributed by atoms with Gasteiger partial charge in [0.15, 0.2) is 0 Å². The average molecular weight is 314 g/mol. The molecule has 0 fully saturated rings. The first-order chi connectivity index (χ1) is 10.8. The molecule has 4 nitrogen and oxygen atoms in total. The van der Waals surface area contributed by atoms with Crippen LogP contribution in [0, 0.1) is 0 Å². The van der Waals surface area contributed by atoms with E-state index in [-0.39, 0.29) is 0 Å². The second kappa shape index (κ2) is 5.88. The number of ether oxygens (including phenoxy) is 2. The van der Waals surface area contributed by atoms with E-state index in [4.69, 9.17) is 9.47 Å². The van der Waals surface area contributed by atoms with E-state index in [2.05, 4.69) is 55.8 Å². The zero-order valence-corrected chi connectivity index (χ0v) is 13.5. The van der Waals surface area contributed by atoms with Crippen LogP contribution in [0.5, 0.6) is 11.5 Å². The molecule has 0 radical (unpaired) electrons. The Hall–Kier alpha value is -1.61. The first-order valence-electron chi connectivity index (χ1n) is 7.47. The summed E-state index contributed by atoms with van der Waals surface area (Å²) >= 11 is 0. The van der Waals surface area contributed by atoms with Crippen LogP contribution in [0.1, 0.15) is 22.3 Å². The molecule has 2 aliphatic heterocycles. The summed E-state index contributed by atoms with van der Waals surface area (Å²) in [6.07, 6.45) is 0.928. The van der Waals surface area contributed by atoms with E-state index in [1.807, 2.05) is 0 Å². The molecule has 0 spiro atoms. The van der Waals surface area contributed by atoms with Crippen molar-refractivity contribution in [2.24, 2.45) is 0 Å². The number of hydrogen-bond acceptors (Lipinski definition) is 4. The molecule has 4 rings (SSSR count). The second-order valence-electron chi connectivity index (χ2n) is 5.80. The van der Waals surface area contributed by atoms with E-state index >= 15 is 0 Å². The third kappa shape index (κ3) is 2.82. The molecular weight excluding hydrogens is 295 g/mol. The van der Waals surface area contributed by atoms with Gasteiger partial charge < -0.3 is 9.47 Å². The summed E-state index contributed by atoms with van der Waals surface area (Å²) in [5, 5.41) is 3.23. The van der Waals surface area contributed by atoms with Gasteiger partial charge in [-0.05, 0) is 29.7 Å². The predicted octanol–water partition coefficient (Wildman–Crippen LogP) is 2.66. The van der Waals surface area contributed by atoms with Gasteiger partial charge in [0.2, 0.25) is 0 Å². The monoisotopic (exact) mass is 314 g/mol. The summed E-state index contributed by atoms with van der Waals surface area (Å²) < 4.78 is 13.4. The van der Waals surface area contributed by atoms with E-state index in [1.54, 1.807) is 0 Å². The maximum absolute atomic E-state index is 5.70. The normalized spacial score (nSPS) is 17.1. The smallest absolute Gasteiger partial charge is 0.145 e. The van der Waals surface area contributed by atoms with Crippen molar-refractivity contribution in [2.75, 3.05) is 13.5 Å². The van der Waals surface area contributed by atoms with Crippen molar-refractivity contribution >= 4 is 9.39 Å². The molecule has 114 valence electrons. The number of benzene rings is 2. The van der Waals surface area contributed by atoms with Crippen molar-refractivity contribution in [3.8, 4) is 11.5 Å². The summed E-state index contributed by atoms with van der Waals surface area (Å²) in [5.41, 5.74) is 5.11. The molecule has 0 amide bonds. The quantitative estimate of drug-likeness (QED) is 0.864. The topological polar surface area (TPSA) is 33.7 Å². The Labute approximate surface area is 132 Å². The maximum Gasteiger partial charge on any atom is 0.145 e. The predicted molar refractivity (Wildman–Crippen MR) is 88.8 cm³/mol. The lowest BCUT2D eigenvalue weighted by molar-refractivity contribution is 0.180. The highest BCUT2D eigenvalue weighted by molar-refractivity contribution is 7.13. The number of fused-ring (bicyclic) bond motifs is 2. The van der Waals surface area contributed by atoms with Crippen LogP contribution >= 0.6 is 9.39 Å². The maximum atomic E-state index is 5.70. The van der Waals surface area contributed by atoms with Gasteiger partial charge in [0, 0.05) is 24.2 Å². The third-order valence-electron chi connectivity index (χ3n) is 4.06. The summed E-state index contributed by atoms with van der Waals surface area (Å²) in [7, 11) is 2.70. The van der Waals surface area contributed by atoms with E-state index in [0.717, 1.165) is 31.0 Å². The lowest BCUT2D eigenvalue weighted by atomic mass is 9.99. The fourth-order valence-electron chi connectivity index (χ4n) is 3.00. The molecule has 2 aromatic carbocycles. The molecule has 0 saturated heterocycles. The SMILES string of the molecule is PN1COc2ccc(Cc3ccc4c(c3)CNCO4)cc2C1. The first kappa shape index (κ1) is 14.0. The lowest BCUT2D eigenvalue weighted by Gasteiger charge is -2.25. The molecular formula is C17H19N2O2P. The highest BCUT2D eigenvalue weighted by Gasteiger charge is 2.15. The Bertz CT molecular complexity index is 705. The Kier molecular flexibility index (Phi) is 3.75. The number of rotatable bonds is 2. The molecule has 2 aromatic rings. The Morgan fingerprint density at radius 1 is 1.00 bits per heavy atom. The fourth-order valence-corrected chi connectivity index (χ4v) is 3.27. The molecule has 22 heavy (non-hydrogen) atoms. The molecule has 1 atom stereocenters. The molecule has 1 N–H and O–H groups in total. The van der Waals surface area contributed by atoms with E-state index in [9.17, 15) is 0 Å². The van der Waals surface area contributed by atoms with Crippen molar-refractivity contribution < 1.29 is 9.47 Å². The Morgan fingerprint density at radius 3 is 2.55 bits per heavy atom. The zero-order valence-electron chi connectivity index (χ0n) is 12.3. The van der Waals surface area contributed by atoms with Crippen molar-refractivity contribution in [1.82, 2.24) is 9.99 Å². The molecule has 0 aromatic heterocycles. The van der Waals surface area contributed by atoms with Crippen molar-refractivity contribution in [3.63, 3.8) is 0 Å². The largest absolute Gasteiger partial charge is 0.478 e. The first-order valence-corrected chi connectivity index (χ1v) is 7.99. The summed E-state index contributed by atoms with van der Waals surface area (Å²) in [5.74, 6) is 2.01. The summed E-state index contributed by atoms with van der Waals surface area (Å²) in [6, 6.07) is 13.0. The van der Waals surface area contributed by atoms with Crippen LogP contribution in [0.15, 0.2) is 36.4 Å². The summed E-state index contributed by atoms with van der Waals surface area (Å²) in [4.78, 5) is 0. The van der Waals surface area contributed by atoms with Gasteiger partial charge in [0.1, 0.15) is 25.0 Å². The van der Waals surface area contributed by atoms with Gasteiger partial charge >= 0.3 is 0 Å². The van der Waals surface area contributed by atoms with Gasteiger partial charge in [0.05, 0.1) is 0 Å². The van der Waals surface area contributed by atoms with Gasteiger partial charge in [-0.15, -0.1) is 0 Å². The molecule has 2 heterocycles. The Balaban J connectivity index is 1.57. The number of nitrogens with zero attached hydrogens (tertiary/aromatic N) is 1. The van der Waals surface area contributed by atoms with Crippen LogP contribution in [0.3, 0.4) is 0 Å². The zero-order chi connectivity index (χ0) is 14.9. The fraction of sp³-hybridized carbons (Fsp3) is 0.294. The van der Waals surface area contributed by atoms with E-state index in [0.29, 0.717) is 13.5 Å². The van der Waals surface area contributed by atoms with Gasteiger partial charge in [-0.2, -0.15) is 0 Å². The van der Waals surface area contributed by atoms with Gasteiger partial charge in [-0.3, -0.25) is 9.99 Å². The average Bonchev–Trinajstić information content (AvgIpc) is 2.54. The lowest BCUT2D eigenvalue weighted by Crippen LogP contribution is -2.25. The minimum absolute atomic E-state index is 0.600. The van der Waals surface area contributed by atoms with Crippen molar-refractivity contribution in [3.05, 3.63) is 58.7 Å². The standard InChI is InChI=1S/C17H19N2O2P/c22-19-9-15-7-13(2-4-17(15)21-11-19)5-12-1-3-16-14(6-12)8-18-10-20-16/h1-4,6-7,18H,5,8-11,22H2. The van der Waals surface area contributed by atoms with E-state index < -0.39 is 0 Å². The van der Waals surface area contributed by atoms with Gasteiger partial charge in [-0.25, -0.2) is 0 Å². The number of hydrogen-bond donors (Lipinski definition) is 1. The highest BCUT2D eigenvalue weighted by atomic mass is 31.0. The minimum Gasteiger partial charge on any atom is -0.478 e. The molecule has 0 bridgehead atoms. The molecule has 0 aliphatic carbocycles. The van der Waals surface area contributed by atoms with Gasteiger partial charge in [0.25, 0.3) is 0 Å². The summed E-state index contributed by atoms with van der Waals surface area (Å²) in [6.45, 7) is 3.02.